The maximum Gasteiger partial charge on any atom is 0.260 e. The molecule has 0 spiro atoms. The molecule has 1 heterocycles. The summed E-state index contributed by atoms with van der Waals surface area (Å²) >= 11 is 0. The van der Waals surface area contributed by atoms with Gasteiger partial charge in [0.05, 0.1) is 11.8 Å². The molecule has 1 aromatic heterocycles. The van der Waals surface area contributed by atoms with Gasteiger partial charge < -0.3 is 19.6 Å². The fraction of sp³-hybridized carbons (Fsp3) is 0.333. The first kappa shape index (κ1) is 17.6. The van der Waals surface area contributed by atoms with E-state index in [9.17, 15) is 9.90 Å². The molecule has 0 aliphatic rings. The monoisotopic (exact) mass is 328 g/mol. The molecule has 2 aromatic rings. The van der Waals surface area contributed by atoms with Crippen molar-refractivity contribution in [1.82, 2.24) is 5.32 Å². The molecule has 6 nitrogen and oxygen atoms in total. The number of amides is 1. The number of carbonyl (C=O) groups is 1. The summed E-state index contributed by atoms with van der Waals surface area (Å²) < 4.78 is 10.7. The number of hydrogen-bond donors (Lipinski definition) is 2. The highest BCUT2D eigenvalue weighted by Gasteiger charge is 2.21. The lowest BCUT2D eigenvalue weighted by Gasteiger charge is -2.20. The number of nitrogens with zero attached hydrogens (tertiary/aromatic N) is 1. The van der Waals surface area contributed by atoms with E-state index in [-0.39, 0.29) is 11.9 Å². The number of rotatable bonds is 7. The van der Waals surface area contributed by atoms with Crippen LogP contribution in [-0.2, 0) is 4.79 Å². The van der Waals surface area contributed by atoms with Crippen LogP contribution in [0.3, 0.4) is 0 Å². The summed E-state index contributed by atoms with van der Waals surface area (Å²) in [5, 5.41) is 21.8. The molecule has 3 unspecified atom stereocenters. The van der Waals surface area contributed by atoms with E-state index < -0.39 is 12.2 Å². The summed E-state index contributed by atoms with van der Waals surface area (Å²) in [6.45, 7) is 3.40. The molecular weight excluding hydrogens is 308 g/mol. The Labute approximate surface area is 140 Å². The standard InChI is InChI=1S/C18H20N2O4/c1-12(10-15(21)17-8-5-9-23-17)20-18(22)13(2)24-16-7-4-3-6-14(16)11-19/h3-9,12-13,15,21H,10H2,1-2H3,(H,20,22). The molecule has 0 fully saturated rings. The predicted octanol–water partition coefficient (Wildman–Crippen LogP) is 2.55. The van der Waals surface area contributed by atoms with Crippen LogP contribution in [0.25, 0.3) is 0 Å². The van der Waals surface area contributed by atoms with Crippen molar-refractivity contribution in [2.45, 2.75) is 38.5 Å². The van der Waals surface area contributed by atoms with Crippen LogP contribution in [0.5, 0.6) is 5.75 Å². The fourth-order valence-corrected chi connectivity index (χ4v) is 2.26. The van der Waals surface area contributed by atoms with Crippen molar-refractivity contribution < 1.29 is 19.1 Å². The number of aliphatic hydroxyl groups is 1. The summed E-state index contributed by atoms with van der Waals surface area (Å²) in [5.74, 6) is 0.510. The van der Waals surface area contributed by atoms with Crippen LogP contribution < -0.4 is 10.1 Å². The molecule has 0 aliphatic heterocycles. The third-order valence-electron chi connectivity index (χ3n) is 3.52. The Balaban J connectivity index is 1.88. The average molecular weight is 328 g/mol. The summed E-state index contributed by atoms with van der Waals surface area (Å²) in [6.07, 6.45) is 0.263. The Kier molecular flexibility index (Phi) is 5.99. The number of nitriles is 1. The number of aliphatic hydroxyl groups excluding tert-OH is 1. The second-order valence-electron chi connectivity index (χ2n) is 5.54. The molecule has 3 atom stereocenters. The van der Waals surface area contributed by atoms with Gasteiger partial charge in [0.15, 0.2) is 6.10 Å². The lowest BCUT2D eigenvalue weighted by atomic mass is 10.1. The van der Waals surface area contributed by atoms with Gasteiger partial charge in [-0.05, 0) is 38.1 Å². The molecule has 0 saturated carbocycles. The topological polar surface area (TPSA) is 95.5 Å². The van der Waals surface area contributed by atoms with E-state index in [0.29, 0.717) is 23.5 Å². The fourth-order valence-electron chi connectivity index (χ4n) is 2.26. The predicted molar refractivity (Wildman–Crippen MR) is 87.1 cm³/mol. The molecule has 1 amide bonds. The Morgan fingerprint density at radius 2 is 2.08 bits per heavy atom. The first-order valence-electron chi connectivity index (χ1n) is 7.69. The molecule has 2 N–H and O–H groups in total. The van der Waals surface area contributed by atoms with Crippen molar-refractivity contribution >= 4 is 5.91 Å². The van der Waals surface area contributed by atoms with E-state index in [4.69, 9.17) is 14.4 Å². The molecule has 1 aromatic carbocycles. The van der Waals surface area contributed by atoms with E-state index in [1.54, 1.807) is 50.2 Å². The van der Waals surface area contributed by atoms with E-state index in [2.05, 4.69) is 5.32 Å². The molecular formula is C18H20N2O4. The lowest BCUT2D eigenvalue weighted by molar-refractivity contribution is -0.128. The van der Waals surface area contributed by atoms with Gasteiger partial charge in [0, 0.05) is 12.5 Å². The van der Waals surface area contributed by atoms with Crippen LogP contribution in [0.1, 0.15) is 37.7 Å². The second kappa shape index (κ2) is 8.18. The third kappa shape index (κ3) is 4.61. The molecule has 0 aliphatic carbocycles. The van der Waals surface area contributed by atoms with E-state index >= 15 is 0 Å². The van der Waals surface area contributed by atoms with E-state index in [1.807, 2.05) is 6.07 Å². The van der Waals surface area contributed by atoms with Crippen LogP contribution >= 0.6 is 0 Å². The number of furan rings is 1. The number of hydrogen-bond acceptors (Lipinski definition) is 5. The van der Waals surface area contributed by atoms with Gasteiger partial charge in [0.2, 0.25) is 0 Å². The van der Waals surface area contributed by atoms with Crippen molar-refractivity contribution in [2.75, 3.05) is 0 Å². The quantitative estimate of drug-likeness (QED) is 0.814. The van der Waals surface area contributed by atoms with E-state index in [1.165, 1.54) is 6.26 Å². The highest BCUT2D eigenvalue weighted by molar-refractivity contribution is 5.81. The smallest absolute Gasteiger partial charge is 0.260 e. The van der Waals surface area contributed by atoms with Gasteiger partial charge in [-0.2, -0.15) is 5.26 Å². The lowest BCUT2D eigenvalue weighted by Crippen LogP contribution is -2.41. The van der Waals surface area contributed by atoms with Gasteiger partial charge in [0.25, 0.3) is 5.91 Å². The second-order valence-corrected chi connectivity index (χ2v) is 5.54. The van der Waals surface area contributed by atoms with Crippen molar-refractivity contribution in [2.24, 2.45) is 0 Å². The largest absolute Gasteiger partial charge is 0.480 e. The summed E-state index contributed by atoms with van der Waals surface area (Å²) in [4.78, 5) is 12.2. The van der Waals surface area contributed by atoms with Crippen LogP contribution in [0, 0.1) is 11.3 Å². The maximum absolute atomic E-state index is 12.2. The average Bonchev–Trinajstić information content (AvgIpc) is 3.09. The molecule has 24 heavy (non-hydrogen) atoms. The summed E-state index contributed by atoms with van der Waals surface area (Å²) in [6, 6.07) is 11.9. The first-order valence-corrected chi connectivity index (χ1v) is 7.69. The van der Waals surface area contributed by atoms with Gasteiger partial charge in [-0.15, -0.1) is 0 Å². The van der Waals surface area contributed by atoms with E-state index in [0.717, 1.165) is 0 Å². The highest BCUT2D eigenvalue weighted by Crippen LogP contribution is 2.20. The van der Waals surface area contributed by atoms with Crippen LogP contribution in [0.2, 0.25) is 0 Å². The minimum Gasteiger partial charge on any atom is -0.480 e. The van der Waals surface area contributed by atoms with Gasteiger partial charge in [-0.25, -0.2) is 0 Å². The van der Waals surface area contributed by atoms with Crippen molar-refractivity contribution in [3.05, 3.63) is 54.0 Å². The van der Waals surface area contributed by atoms with Crippen LogP contribution in [-0.4, -0.2) is 23.2 Å². The molecule has 0 bridgehead atoms. The summed E-state index contributed by atoms with van der Waals surface area (Å²) in [5.41, 5.74) is 0.374. The van der Waals surface area contributed by atoms with Crippen LogP contribution in [0.15, 0.2) is 47.1 Å². The number of ether oxygens (including phenoxy) is 1. The van der Waals surface area contributed by atoms with Gasteiger partial charge in [-0.1, -0.05) is 12.1 Å². The zero-order valence-electron chi connectivity index (χ0n) is 13.6. The third-order valence-corrected chi connectivity index (χ3v) is 3.52. The van der Waals surface area contributed by atoms with Crippen molar-refractivity contribution in [3.8, 4) is 11.8 Å². The number of nitrogens with one attached hydrogen (secondary N) is 1. The number of carbonyl (C=O) groups excluding carboxylic acids is 1. The Morgan fingerprint density at radius 3 is 2.75 bits per heavy atom. The SMILES string of the molecule is CC(CC(O)c1ccco1)NC(=O)C(C)Oc1ccccc1C#N. The van der Waals surface area contributed by atoms with Gasteiger partial charge in [0.1, 0.15) is 23.7 Å². The Bertz CT molecular complexity index is 706. The van der Waals surface area contributed by atoms with Crippen molar-refractivity contribution in [1.29, 1.82) is 5.26 Å². The molecule has 126 valence electrons. The molecule has 6 heteroatoms. The summed E-state index contributed by atoms with van der Waals surface area (Å²) in [7, 11) is 0. The maximum atomic E-state index is 12.2. The minimum atomic E-state index is -0.786. The Hall–Kier alpha value is -2.78. The zero-order chi connectivity index (χ0) is 17.5. The number of benzene rings is 1. The molecule has 0 radical (unpaired) electrons. The molecule has 0 saturated heterocycles. The highest BCUT2D eigenvalue weighted by atomic mass is 16.5. The van der Waals surface area contributed by atoms with Crippen molar-refractivity contribution in [3.63, 3.8) is 0 Å². The normalized spacial score (nSPS) is 14.2. The van der Waals surface area contributed by atoms with Gasteiger partial charge >= 0.3 is 0 Å². The minimum absolute atomic E-state index is 0.269. The molecule has 2 rings (SSSR count). The first-order chi connectivity index (χ1) is 11.5. The Morgan fingerprint density at radius 1 is 1.33 bits per heavy atom. The zero-order valence-corrected chi connectivity index (χ0v) is 13.6. The number of para-hydroxylation sites is 1. The van der Waals surface area contributed by atoms with Gasteiger partial charge in [-0.3, -0.25) is 4.79 Å². The van der Waals surface area contributed by atoms with Crippen LogP contribution in [0.4, 0.5) is 0 Å².